The van der Waals surface area contributed by atoms with Gasteiger partial charge in [-0.1, -0.05) is 97.1 Å². The maximum absolute atomic E-state index is 7.84. The molecule has 6 heteroatoms. The number of benzene rings is 4. The Labute approximate surface area is 205 Å². The molecule has 4 aromatic carbocycles. The van der Waals surface area contributed by atoms with Crippen molar-refractivity contribution in [1.29, 1.82) is 0 Å². The zero-order valence-electron chi connectivity index (χ0n) is 20.1. The molecule has 4 bridgehead atoms. The number of rotatable bonds is 0. The summed E-state index contributed by atoms with van der Waals surface area (Å²) >= 11 is 0. The van der Waals surface area contributed by atoms with Crippen molar-refractivity contribution in [3.8, 4) is 0 Å². The Bertz CT molecular complexity index is 1180. The third-order valence-corrected chi connectivity index (χ3v) is 27.9. The van der Waals surface area contributed by atoms with Gasteiger partial charge in [0.2, 0.25) is 33.3 Å². The van der Waals surface area contributed by atoms with Gasteiger partial charge in [0, 0.05) is 0 Å². The van der Waals surface area contributed by atoms with Gasteiger partial charge in [-0.15, -0.1) is 0 Å². The van der Waals surface area contributed by atoms with Gasteiger partial charge in [0.15, 0.2) is 0 Å². The molecule has 0 radical (unpaired) electrons. The Balaban J connectivity index is 1.69. The second-order valence-corrected chi connectivity index (χ2v) is 24.7. The van der Waals surface area contributed by atoms with Crippen molar-refractivity contribution in [2.24, 2.45) is 0 Å². The summed E-state index contributed by atoms with van der Waals surface area (Å²) in [4.78, 5) is 0. The summed E-state index contributed by atoms with van der Waals surface area (Å²) in [7, 11) is -10.1. The molecule has 3 heterocycles. The van der Waals surface area contributed by atoms with Crippen molar-refractivity contribution in [2.75, 3.05) is 0 Å². The largest absolute Gasteiger partial charge is 0.442 e. The molecule has 3 aliphatic heterocycles. The van der Waals surface area contributed by atoms with E-state index in [0.29, 0.717) is 0 Å². The molecule has 7 rings (SSSR count). The molecule has 0 fully saturated rings. The summed E-state index contributed by atoms with van der Waals surface area (Å²) < 4.78 is 15.7. The minimum Gasteiger partial charge on any atom is -0.442 e. The van der Waals surface area contributed by atoms with Gasteiger partial charge in [0.25, 0.3) is 0 Å². The van der Waals surface area contributed by atoms with E-state index in [9.17, 15) is 0 Å². The highest BCUT2D eigenvalue weighted by Crippen LogP contribution is 2.28. The summed E-state index contributed by atoms with van der Waals surface area (Å²) in [5.74, 6) is 0. The number of hydrogen-bond acceptors (Lipinski definition) is 2. The van der Waals surface area contributed by atoms with E-state index in [1.54, 1.807) is 0 Å². The van der Waals surface area contributed by atoms with Crippen LogP contribution in [0, 0.1) is 0 Å². The fourth-order valence-electron chi connectivity index (χ4n) is 7.10. The van der Waals surface area contributed by atoms with Crippen molar-refractivity contribution in [1.82, 2.24) is 0 Å². The second kappa shape index (κ2) is 6.66. The van der Waals surface area contributed by atoms with Gasteiger partial charge in [-0.05, 0) is 67.7 Å². The van der Waals surface area contributed by atoms with Crippen LogP contribution in [0.15, 0.2) is 97.1 Å². The van der Waals surface area contributed by atoms with Gasteiger partial charge in [-0.25, -0.2) is 0 Å². The van der Waals surface area contributed by atoms with Crippen LogP contribution in [-0.4, -0.2) is 33.3 Å². The minimum atomic E-state index is -2.53. The fourth-order valence-corrected chi connectivity index (χ4v) is 32.1. The van der Waals surface area contributed by atoms with E-state index in [0.717, 1.165) is 0 Å². The van der Waals surface area contributed by atoms with Crippen molar-refractivity contribution < 1.29 is 8.23 Å². The Morgan fingerprint density at radius 2 is 0.471 bits per heavy atom. The summed E-state index contributed by atoms with van der Waals surface area (Å²) in [6, 6.07) is 36.4. The van der Waals surface area contributed by atoms with Crippen LogP contribution < -0.4 is 41.5 Å². The van der Waals surface area contributed by atoms with E-state index in [4.69, 9.17) is 8.23 Å². The monoisotopic (exact) mass is 508 g/mol. The highest BCUT2D eigenvalue weighted by molar-refractivity contribution is 7.23. The topological polar surface area (TPSA) is 18.5 Å². The second-order valence-electron chi connectivity index (χ2n) is 10.5. The first-order valence-corrected chi connectivity index (χ1v) is 21.8. The summed E-state index contributed by atoms with van der Waals surface area (Å²) in [6.45, 7) is 9.76. The average Bonchev–Trinajstić information content (AvgIpc) is 2.87. The molecule has 0 saturated carbocycles. The van der Waals surface area contributed by atoms with Gasteiger partial charge < -0.3 is 8.23 Å². The van der Waals surface area contributed by atoms with Gasteiger partial charge >= 0.3 is 0 Å². The zero-order valence-corrected chi connectivity index (χ0v) is 24.1. The van der Waals surface area contributed by atoms with E-state index in [2.05, 4.69) is 123 Å². The number of fused-ring (bicyclic) bond motifs is 6. The first kappa shape index (κ1) is 21.0. The maximum Gasteiger partial charge on any atom is 0.242 e. The Kier molecular flexibility index (Phi) is 4.11. The summed E-state index contributed by atoms with van der Waals surface area (Å²) in [5, 5.41) is 11.4. The van der Waals surface area contributed by atoms with Gasteiger partial charge in [0.05, 0.1) is 0 Å². The molecule has 0 N–H and O–H groups in total. The van der Waals surface area contributed by atoms with E-state index >= 15 is 0 Å². The molecule has 0 spiro atoms. The smallest absolute Gasteiger partial charge is 0.242 e. The molecule has 4 aromatic rings. The summed E-state index contributed by atoms with van der Waals surface area (Å²) in [6.07, 6.45) is 0. The van der Waals surface area contributed by atoms with Crippen molar-refractivity contribution >= 4 is 74.8 Å². The molecule has 168 valence electrons. The van der Waals surface area contributed by atoms with Crippen molar-refractivity contribution in [3.63, 3.8) is 0 Å². The molecule has 0 atom stereocenters. The maximum atomic E-state index is 7.84. The third kappa shape index (κ3) is 2.36. The highest BCUT2D eigenvalue weighted by atomic mass is 28.4. The lowest BCUT2D eigenvalue weighted by molar-refractivity contribution is 0.569. The van der Waals surface area contributed by atoms with Crippen LogP contribution >= 0.6 is 0 Å². The molecule has 0 aliphatic carbocycles. The van der Waals surface area contributed by atoms with Crippen molar-refractivity contribution in [2.45, 2.75) is 26.2 Å². The minimum absolute atomic E-state index is 1.43. The van der Waals surface area contributed by atoms with Crippen LogP contribution in [-0.2, 0) is 8.23 Å². The third-order valence-electron chi connectivity index (χ3n) is 8.64. The van der Waals surface area contributed by atoms with Crippen LogP contribution in [0.1, 0.15) is 0 Å². The Hall–Kier alpha value is -2.33. The standard InChI is InChI=1S/C28H28O2Si4/c1-31-21-13-5-7-15-23(21)33(3,24-16-8-6-14-22(24)31)30-34(4)27-19-11-9-17-25(27)32(2,29-31)26-18-10-12-20-28(26)34/h5-20H,1-4H3. The van der Waals surface area contributed by atoms with E-state index in [-0.39, 0.29) is 0 Å². The quantitative estimate of drug-likeness (QED) is 0.328. The first-order valence-electron chi connectivity index (χ1n) is 12.1. The van der Waals surface area contributed by atoms with Gasteiger partial charge in [0.1, 0.15) is 0 Å². The lowest BCUT2D eigenvalue weighted by Gasteiger charge is -2.55. The molecule has 0 unspecified atom stereocenters. The SMILES string of the molecule is C[Si]12O[Si]3(C)c4ccccc4[Si](C)(O[Si](C)(c4ccccc41)c1ccccc12)c1ccccc13. The number of hydrogen-bond donors (Lipinski definition) is 0. The van der Waals surface area contributed by atoms with Crippen LogP contribution in [0.4, 0.5) is 0 Å². The molecule has 2 nitrogen and oxygen atoms in total. The molecule has 3 aliphatic rings. The molecule has 0 amide bonds. The first-order chi connectivity index (χ1) is 16.3. The van der Waals surface area contributed by atoms with Crippen molar-refractivity contribution in [3.05, 3.63) is 97.1 Å². The fraction of sp³-hybridized carbons (Fsp3) is 0.143. The van der Waals surface area contributed by atoms with Crippen LogP contribution in [0.2, 0.25) is 26.2 Å². The summed E-state index contributed by atoms with van der Waals surface area (Å²) in [5.41, 5.74) is 0. The molecule has 0 saturated heterocycles. The van der Waals surface area contributed by atoms with Gasteiger partial charge in [-0.3, -0.25) is 0 Å². The zero-order chi connectivity index (χ0) is 23.3. The van der Waals surface area contributed by atoms with Crippen LogP contribution in [0.3, 0.4) is 0 Å². The van der Waals surface area contributed by atoms with Gasteiger partial charge in [-0.2, -0.15) is 0 Å². The predicted molar refractivity (Wildman–Crippen MR) is 151 cm³/mol. The lowest BCUT2D eigenvalue weighted by Crippen LogP contribution is -2.92. The molecule has 0 aromatic heterocycles. The predicted octanol–water partition coefficient (Wildman–Crippen LogP) is 0.818. The Morgan fingerprint density at radius 3 is 0.618 bits per heavy atom. The van der Waals surface area contributed by atoms with Crippen LogP contribution in [0.5, 0.6) is 0 Å². The lowest BCUT2D eigenvalue weighted by atomic mass is 10.3. The molecular formula is C28H28O2Si4. The van der Waals surface area contributed by atoms with Crippen LogP contribution in [0.25, 0.3) is 0 Å². The van der Waals surface area contributed by atoms with E-state index in [1.807, 2.05) is 0 Å². The molecular weight excluding hydrogens is 481 g/mol. The average molecular weight is 509 g/mol. The highest BCUT2D eigenvalue weighted by Gasteiger charge is 2.62. The normalized spacial score (nSPS) is 32.4. The Morgan fingerprint density at radius 1 is 0.324 bits per heavy atom. The molecule has 34 heavy (non-hydrogen) atoms. The van der Waals surface area contributed by atoms with E-state index in [1.165, 1.54) is 41.5 Å². The van der Waals surface area contributed by atoms with E-state index < -0.39 is 33.3 Å².